The predicted molar refractivity (Wildman–Crippen MR) is 68.1 cm³/mol. The molecule has 2 N–H and O–H groups in total. The first-order valence-electron chi connectivity index (χ1n) is 5.17. The van der Waals surface area contributed by atoms with Crippen molar-refractivity contribution in [2.75, 3.05) is 5.73 Å². The molecule has 6 nitrogen and oxygen atoms in total. The van der Waals surface area contributed by atoms with E-state index in [4.69, 9.17) is 5.73 Å². The summed E-state index contributed by atoms with van der Waals surface area (Å²) in [5.74, 6) is 0. The van der Waals surface area contributed by atoms with Crippen LogP contribution in [0.1, 0.15) is 0 Å². The molecule has 0 amide bonds. The molecule has 6 heteroatoms. The third-order valence-corrected chi connectivity index (χ3v) is 2.23. The van der Waals surface area contributed by atoms with Crippen LogP contribution in [0.25, 0.3) is 0 Å². The fourth-order valence-electron chi connectivity index (χ4n) is 1.30. The van der Waals surface area contributed by atoms with Crippen molar-refractivity contribution in [3.63, 3.8) is 0 Å². The minimum Gasteiger partial charge on any atom is -0.399 e. The highest BCUT2D eigenvalue weighted by molar-refractivity contribution is 5.48. The molecule has 0 aliphatic rings. The highest BCUT2D eigenvalue weighted by Crippen LogP contribution is 2.21. The molecule has 2 aromatic rings. The summed E-state index contributed by atoms with van der Waals surface area (Å²) in [6.45, 7) is 0. The van der Waals surface area contributed by atoms with E-state index >= 15 is 0 Å². The number of hydrogen-bond donors (Lipinski definition) is 1. The Balaban J connectivity index is 2.13. The normalized spacial score (nSPS) is 10.7. The largest absolute Gasteiger partial charge is 0.399 e. The summed E-state index contributed by atoms with van der Waals surface area (Å²) >= 11 is 0. The van der Waals surface area contributed by atoms with Gasteiger partial charge in [0.15, 0.2) is 0 Å². The molecule has 90 valence electrons. The number of nitrogens with two attached hydrogens (primary N) is 1. The van der Waals surface area contributed by atoms with Crippen LogP contribution in [0.15, 0.2) is 58.8 Å². The van der Waals surface area contributed by atoms with Crippen LogP contribution in [0.4, 0.5) is 22.7 Å². The zero-order valence-corrected chi connectivity index (χ0v) is 9.35. The summed E-state index contributed by atoms with van der Waals surface area (Å²) < 4.78 is 0. The number of non-ortho nitro benzene ring substituents is 1. The SMILES string of the molecule is Nc1ccc(/N=N/c2ccc([N+](=O)[O-])cc2)cc1. The Morgan fingerprint density at radius 1 is 0.889 bits per heavy atom. The summed E-state index contributed by atoms with van der Waals surface area (Å²) in [5, 5.41) is 18.4. The Morgan fingerprint density at radius 2 is 1.33 bits per heavy atom. The van der Waals surface area contributed by atoms with Gasteiger partial charge in [0, 0.05) is 17.8 Å². The van der Waals surface area contributed by atoms with Gasteiger partial charge in [0.1, 0.15) is 0 Å². The van der Waals surface area contributed by atoms with Crippen LogP contribution < -0.4 is 5.73 Å². The Bertz CT molecular complexity index is 576. The van der Waals surface area contributed by atoms with E-state index in [-0.39, 0.29) is 5.69 Å². The quantitative estimate of drug-likeness (QED) is 0.385. The molecular weight excluding hydrogens is 232 g/mol. The zero-order chi connectivity index (χ0) is 13.0. The van der Waals surface area contributed by atoms with Crippen LogP contribution in [-0.2, 0) is 0 Å². The van der Waals surface area contributed by atoms with Crippen LogP contribution in [0.2, 0.25) is 0 Å². The van der Waals surface area contributed by atoms with Crippen LogP contribution in [0.3, 0.4) is 0 Å². The number of rotatable bonds is 3. The van der Waals surface area contributed by atoms with Gasteiger partial charge in [-0.25, -0.2) is 0 Å². The second-order valence-electron chi connectivity index (χ2n) is 3.57. The number of nitrogens with zero attached hydrogens (tertiary/aromatic N) is 3. The summed E-state index contributed by atoms with van der Waals surface area (Å²) in [7, 11) is 0. The molecule has 0 heterocycles. The number of hydrogen-bond acceptors (Lipinski definition) is 5. The Hall–Kier alpha value is -2.76. The molecule has 0 radical (unpaired) electrons. The highest BCUT2D eigenvalue weighted by Gasteiger charge is 2.02. The summed E-state index contributed by atoms with van der Waals surface area (Å²) in [5.41, 5.74) is 7.45. The van der Waals surface area contributed by atoms with Crippen molar-refractivity contribution in [1.29, 1.82) is 0 Å². The van der Waals surface area contributed by atoms with Crippen molar-refractivity contribution in [2.45, 2.75) is 0 Å². The van der Waals surface area contributed by atoms with Crippen LogP contribution in [-0.4, -0.2) is 4.92 Å². The van der Waals surface area contributed by atoms with E-state index in [0.717, 1.165) is 0 Å². The molecule has 0 saturated carbocycles. The van der Waals surface area contributed by atoms with Crippen molar-refractivity contribution < 1.29 is 4.92 Å². The highest BCUT2D eigenvalue weighted by atomic mass is 16.6. The van der Waals surface area contributed by atoms with Gasteiger partial charge in [0.2, 0.25) is 0 Å². The van der Waals surface area contributed by atoms with E-state index in [2.05, 4.69) is 10.2 Å². The van der Waals surface area contributed by atoms with Gasteiger partial charge in [-0.05, 0) is 36.4 Å². The second-order valence-corrected chi connectivity index (χ2v) is 3.57. The number of nitro benzene ring substituents is 1. The maximum absolute atomic E-state index is 10.5. The molecular formula is C12H10N4O2. The van der Waals surface area contributed by atoms with Crippen molar-refractivity contribution in [3.05, 3.63) is 58.6 Å². The maximum Gasteiger partial charge on any atom is 0.269 e. The minimum atomic E-state index is -0.457. The smallest absolute Gasteiger partial charge is 0.269 e. The molecule has 0 spiro atoms. The molecule has 0 saturated heterocycles. The Labute approximate surface area is 103 Å². The van der Waals surface area contributed by atoms with Gasteiger partial charge in [0.25, 0.3) is 5.69 Å². The monoisotopic (exact) mass is 242 g/mol. The van der Waals surface area contributed by atoms with Gasteiger partial charge in [0.05, 0.1) is 16.3 Å². The fourth-order valence-corrected chi connectivity index (χ4v) is 1.30. The molecule has 18 heavy (non-hydrogen) atoms. The number of azo groups is 1. The van der Waals surface area contributed by atoms with Gasteiger partial charge in [-0.2, -0.15) is 10.2 Å². The van der Waals surface area contributed by atoms with E-state index in [0.29, 0.717) is 17.1 Å². The molecule has 0 fully saturated rings. The average molecular weight is 242 g/mol. The molecule has 0 bridgehead atoms. The standard InChI is InChI=1S/C12H10N4O2/c13-9-1-3-10(4-2-9)14-15-11-5-7-12(8-6-11)16(17)18/h1-8H,13H2/b15-14+. The second kappa shape index (κ2) is 5.05. The van der Waals surface area contributed by atoms with Crippen LogP contribution in [0, 0.1) is 10.1 Å². The third-order valence-electron chi connectivity index (χ3n) is 2.23. The predicted octanol–water partition coefficient (Wildman–Crippen LogP) is 3.59. The third kappa shape index (κ3) is 2.88. The van der Waals surface area contributed by atoms with E-state index in [1.54, 1.807) is 36.4 Å². The fraction of sp³-hybridized carbons (Fsp3) is 0. The number of benzene rings is 2. The average Bonchev–Trinajstić information content (AvgIpc) is 2.38. The molecule has 0 aliphatic carbocycles. The van der Waals surface area contributed by atoms with Crippen molar-refractivity contribution in [1.82, 2.24) is 0 Å². The lowest BCUT2D eigenvalue weighted by atomic mass is 10.3. The Morgan fingerprint density at radius 3 is 1.78 bits per heavy atom. The summed E-state index contributed by atoms with van der Waals surface area (Å²) in [6.07, 6.45) is 0. The van der Waals surface area contributed by atoms with Gasteiger partial charge < -0.3 is 5.73 Å². The molecule has 0 aromatic heterocycles. The number of nitro groups is 1. The van der Waals surface area contributed by atoms with E-state index in [1.165, 1.54) is 12.1 Å². The lowest BCUT2D eigenvalue weighted by Crippen LogP contribution is -1.85. The first-order chi connectivity index (χ1) is 8.65. The van der Waals surface area contributed by atoms with Crippen LogP contribution >= 0.6 is 0 Å². The Kier molecular flexibility index (Phi) is 3.29. The van der Waals surface area contributed by atoms with Crippen molar-refractivity contribution in [3.8, 4) is 0 Å². The van der Waals surface area contributed by atoms with Gasteiger partial charge >= 0.3 is 0 Å². The minimum absolute atomic E-state index is 0.0291. The van der Waals surface area contributed by atoms with Gasteiger partial charge in [-0.1, -0.05) is 0 Å². The first-order valence-corrected chi connectivity index (χ1v) is 5.17. The van der Waals surface area contributed by atoms with E-state index < -0.39 is 4.92 Å². The summed E-state index contributed by atoms with van der Waals surface area (Å²) in [6, 6.07) is 12.8. The number of anilines is 1. The van der Waals surface area contributed by atoms with E-state index in [9.17, 15) is 10.1 Å². The maximum atomic E-state index is 10.5. The lowest BCUT2D eigenvalue weighted by molar-refractivity contribution is -0.384. The summed E-state index contributed by atoms with van der Waals surface area (Å²) in [4.78, 5) is 10.0. The number of nitrogen functional groups attached to an aromatic ring is 1. The topological polar surface area (TPSA) is 93.9 Å². The van der Waals surface area contributed by atoms with Crippen molar-refractivity contribution >= 4 is 22.7 Å². The molecule has 2 rings (SSSR count). The zero-order valence-electron chi connectivity index (χ0n) is 9.35. The molecule has 0 unspecified atom stereocenters. The first kappa shape index (κ1) is 11.7. The lowest BCUT2D eigenvalue weighted by Gasteiger charge is -1.94. The molecule has 0 atom stereocenters. The van der Waals surface area contributed by atoms with E-state index in [1.807, 2.05) is 0 Å². The molecule has 2 aromatic carbocycles. The van der Waals surface area contributed by atoms with Crippen LogP contribution in [0.5, 0.6) is 0 Å². The van der Waals surface area contributed by atoms with Crippen molar-refractivity contribution in [2.24, 2.45) is 10.2 Å². The van der Waals surface area contributed by atoms with Gasteiger partial charge in [-0.15, -0.1) is 0 Å². The van der Waals surface area contributed by atoms with Gasteiger partial charge in [-0.3, -0.25) is 10.1 Å². The molecule has 0 aliphatic heterocycles.